The van der Waals surface area contributed by atoms with Gasteiger partial charge >= 0.3 is 6.03 Å². The lowest BCUT2D eigenvalue weighted by Crippen LogP contribution is -2.35. The Morgan fingerprint density at radius 3 is 2.60 bits per heavy atom. The van der Waals surface area contributed by atoms with E-state index in [9.17, 15) is 18.3 Å². The highest BCUT2D eigenvalue weighted by molar-refractivity contribution is 7.90. The quantitative estimate of drug-likeness (QED) is 0.669. The molecule has 0 saturated heterocycles. The summed E-state index contributed by atoms with van der Waals surface area (Å²) in [5.74, 6) is 0.139. The van der Waals surface area contributed by atoms with Crippen LogP contribution in [0, 0.1) is 0 Å². The predicted molar refractivity (Wildman–Crippen MR) is 86.8 cm³/mol. The van der Waals surface area contributed by atoms with Crippen molar-refractivity contribution in [2.75, 3.05) is 19.5 Å². The van der Waals surface area contributed by atoms with Crippen LogP contribution < -0.4 is 19.5 Å². The molecule has 0 spiro atoms. The molecule has 0 saturated carbocycles. The number of sulfonamides is 1. The van der Waals surface area contributed by atoms with Gasteiger partial charge in [0.25, 0.3) is 15.9 Å². The van der Waals surface area contributed by atoms with Gasteiger partial charge in [-0.25, -0.2) is 22.9 Å². The average molecular weight is 368 g/mol. The van der Waals surface area contributed by atoms with Gasteiger partial charge in [-0.2, -0.15) is 4.98 Å². The third-order valence-corrected chi connectivity index (χ3v) is 4.45. The van der Waals surface area contributed by atoms with Gasteiger partial charge in [0.15, 0.2) is 5.75 Å². The third-order valence-electron chi connectivity index (χ3n) is 3.02. The molecule has 134 valence electrons. The highest BCUT2D eigenvalue weighted by Gasteiger charge is 2.21. The largest absolute Gasteiger partial charge is 0.490 e. The van der Waals surface area contributed by atoms with E-state index < -0.39 is 22.7 Å². The summed E-state index contributed by atoms with van der Waals surface area (Å²) in [4.78, 5) is 19.4. The Labute approximate surface area is 143 Å². The third kappa shape index (κ3) is 4.33. The molecule has 0 aliphatic rings. The average Bonchev–Trinajstić information content (AvgIpc) is 2.60. The number of amides is 2. The summed E-state index contributed by atoms with van der Waals surface area (Å²) < 4.78 is 36.3. The minimum absolute atomic E-state index is 0.0706. The van der Waals surface area contributed by atoms with E-state index in [1.807, 2.05) is 4.72 Å². The Bertz CT molecular complexity index is 871. The highest BCUT2D eigenvalue weighted by atomic mass is 32.2. The summed E-state index contributed by atoms with van der Waals surface area (Å²) in [6.07, 6.45) is 1.26. The molecule has 0 radical (unpaired) electrons. The molecule has 3 N–H and O–H groups in total. The summed E-state index contributed by atoms with van der Waals surface area (Å²) in [6, 6.07) is 4.68. The summed E-state index contributed by atoms with van der Waals surface area (Å²) in [7, 11) is -1.44. The minimum atomic E-state index is -4.18. The van der Waals surface area contributed by atoms with Crippen molar-refractivity contribution in [1.29, 1.82) is 0 Å². The van der Waals surface area contributed by atoms with Gasteiger partial charge < -0.3 is 14.6 Å². The van der Waals surface area contributed by atoms with Crippen LogP contribution in [0.4, 0.5) is 10.7 Å². The fraction of sp³-hybridized carbons (Fsp3) is 0.214. The Kier molecular flexibility index (Phi) is 5.72. The lowest BCUT2D eigenvalue weighted by atomic mass is 10.2. The smallest absolute Gasteiger partial charge is 0.335 e. The molecule has 11 heteroatoms. The first kappa shape index (κ1) is 18.4. The van der Waals surface area contributed by atoms with Crippen molar-refractivity contribution >= 4 is 22.0 Å². The molecule has 0 aliphatic heterocycles. The van der Waals surface area contributed by atoms with Crippen LogP contribution in [0.3, 0.4) is 0 Å². The number of urea groups is 1. The predicted octanol–water partition coefficient (Wildman–Crippen LogP) is 0.497. The highest BCUT2D eigenvalue weighted by Crippen LogP contribution is 2.23. The number of nitrogens with zero attached hydrogens (tertiary/aromatic N) is 2. The normalized spacial score (nSPS) is 10.8. The van der Waals surface area contributed by atoms with Gasteiger partial charge in [0.2, 0.25) is 5.95 Å². The van der Waals surface area contributed by atoms with Crippen molar-refractivity contribution in [3.8, 4) is 11.6 Å². The summed E-state index contributed by atoms with van der Waals surface area (Å²) in [6.45, 7) is -0.489. The number of nitrogens with one attached hydrogen (secondary N) is 2. The molecule has 25 heavy (non-hydrogen) atoms. The van der Waals surface area contributed by atoms with Gasteiger partial charge in [-0.3, -0.25) is 5.32 Å². The molecule has 2 rings (SSSR count). The van der Waals surface area contributed by atoms with Gasteiger partial charge in [-0.15, -0.1) is 0 Å². The number of aromatic nitrogens is 2. The van der Waals surface area contributed by atoms with E-state index in [1.165, 1.54) is 38.6 Å². The molecule has 0 unspecified atom stereocenters. The number of carbonyl (C=O) groups excluding carboxylic acids is 1. The van der Waals surface area contributed by atoms with E-state index in [0.717, 1.165) is 0 Å². The molecule has 1 aromatic heterocycles. The second-order valence-electron chi connectivity index (χ2n) is 4.60. The Morgan fingerprint density at radius 2 is 1.96 bits per heavy atom. The van der Waals surface area contributed by atoms with E-state index in [2.05, 4.69) is 15.3 Å². The van der Waals surface area contributed by atoms with Gasteiger partial charge in [0.1, 0.15) is 0 Å². The van der Waals surface area contributed by atoms with Crippen molar-refractivity contribution in [3.05, 3.63) is 36.0 Å². The van der Waals surface area contributed by atoms with E-state index in [4.69, 9.17) is 9.47 Å². The number of carbonyl (C=O) groups is 1. The molecule has 1 heterocycles. The Balaban J connectivity index is 2.17. The summed E-state index contributed by atoms with van der Waals surface area (Å²) in [5.41, 5.74) is 0.158. The zero-order valence-corrected chi connectivity index (χ0v) is 14.2. The lowest BCUT2D eigenvalue weighted by Gasteiger charge is -2.11. The molecule has 0 aliphatic carbocycles. The van der Waals surface area contributed by atoms with Crippen LogP contribution in [0.2, 0.25) is 0 Å². The van der Waals surface area contributed by atoms with E-state index in [1.54, 1.807) is 6.07 Å². The molecular weight excluding hydrogens is 352 g/mol. The monoisotopic (exact) mass is 368 g/mol. The number of anilines is 1. The molecular formula is C14H16N4O6S. The molecule has 0 fully saturated rings. The van der Waals surface area contributed by atoms with Crippen LogP contribution in [0.5, 0.6) is 11.6 Å². The zero-order valence-electron chi connectivity index (χ0n) is 13.4. The molecule has 0 atom stereocenters. The van der Waals surface area contributed by atoms with Crippen molar-refractivity contribution in [1.82, 2.24) is 14.7 Å². The fourth-order valence-electron chi connectivity index (χ4n) is 1.90. The maximum Gasteiger partial charge on any atom is 0.335 e. The number of aliphatic hydroxyl groups is 1. The van der Waals surface area contributed by atoms with E-state index in [0.29, 0.717) is 0 Å². The molecule has 10 nitrogen and oxygen atoms in total. The SMILES string of the molecule is COc1cnc(NC(=O)NS(=O)(=O)c2ccccc2CO)nc1OC. The van der Waals surface area contributed by atoms with Gasteiger partial charge in [0, 0.05) is 0 Å². The van der Waals surface area contributed by atoms with Crippen molar-refractivity contribution < 1.29 is 27.8 Å². The second kappa shape index (κ2) is 7.77. The first-order chi connectivity index (χ1) is 11.9. The lowest BCUT2D eigenvalue weighted by molar-refractivity contribution is 0.256. The van der Waals surface area contributed by atoms with Crippen LogP contribution in [0.15, 0.2) is 35.4 Å². The van der Waals surface area contributed by atoms with Crippen molar-refractivity contribution in [2.24, 2.45) is 0 Å². The molecule has 2 aromatic rings. The maximum atomic E-state index is 12.3. The van der Waals surface area contributed by atoms with Crippen molar-refractivity contribution in [3.63, 3.8) is 0 Å². The van der Waals surface area contributed by atoms with Gasteiger partial charge in [0.05, 0.1) is 31.9 Å². The maximum absolute atomic E-state index is 12.3. The first-order valence-electron chi connectivity index (χ1n) is 6.89. The fourth-order valence-corrected chi connectivity index (χ4v) is 3.04. The van der Waals surface area contributed by atoms with Gasteiger partial charge in [-0.1, -0.05) is 18.2 Å². The number of aliphatic hydroxyl groups excluding tert-OH is 1. The number of methoxy groups -OCH3 is 2. The van der Waals surface area contributed by atoms with E-state index >= 15 is 0 Å². The standard InChI is InChI=1S/C14H16N4O6S/c1-23-10-7-15-13(16-12(10)24-2)17-14(20)18-25(21,22)11-6-4-3-5-9(11)8-19/h3-7,19H,8H2,1-2H3,(H2,15,16,17,18,20). The van der Waals surface area contributed by atoms with Crippen LogP contribution in [0.25, 0.3) is 0 Å². The number of ether oxygens (including phenoxy) is 2. The number of hydrogen-bond acceptors (Lipinski definition) is 8. The van der Waals surface area contributed by atoms with Gasteiger partial charge in [-0.05, 0) is 11.6 Å². The molecule has 1 aromatic carbocycles. The number of rotatable bonds is 6. The van der Waals surface area contributed by atoms with Crippen molar-refractivity contribution in [2.45, 2.75) is 11.5 Å². The Morgan fingerprint density at radius 1 is 1.24 bits per heavy atom. The topological polar surface area (TPSA) is 140 Å². The Hall–Kier alpha value is -2.92. The summed E-state index contributed by atoms with van der Waals surface area (Å²) in [5, 5.41) is 11.4. The van der Waals surface area contributed by atoms with E-state index in [-0.39, 0.29) is 28.0 Å². The second-order valence-corrected chi connectivity index (χ2v) is 6.25. The number of benzene rings is 1. The van der Waals surface area contributed by atoms with Crippen LogP contribution in [-0.2, 0) is 16.6 Å². The first-order valence-corrected chi connectivity index (χ1v) is 8.37. The molecule has 2 amide bonds. The van der Waals surface area contributed by atoms with Crippen LogP contribution >= 0.6 is 0 Å². The van der Waals surface area contributed by atoms with Crippen LogP contribution in [-0.4, -0.2) is 43.7 Å². The minimum Gasteiger partial charge on any atom is -0.490 e. The zero-order chi connectivity index (χ0) is 18.4. The molecule has 0 bridgehead atoms. The summed E-state index contributed by atoms with van der Waals surface area (Å²) >= 11 is 0. The number of hydrogen-bond donors (Lipinski definition) is 3. The van der Waals surface area contributed by atoms with Crippen LogP contribution in [0.1, 0.15) is 5.56 Å².